The lowest BCUT2D eigenvalue weighted by Gasteiger charge is -2.04. The number of benzene rings is 2. The Bertz CT molecular complexity index is 953. The predicted octanol–water partition coefficient (Wildman–Crippen LogP) is 3.06. The highest BCUT2D eigenvalue weighted by Crippen LogP contribution is 2.32. The SMILES string of the molecule is Cc1cc(-c2nc3cc(F)c(F)cc3s2)ccc1N.NCCCC[C@H](N)C(N)=O. The summed E-state index contributed by atoms with van der Waals surface area (Å²) in [5, 5.41) is 0.725. The maximum absolute atomic E-state index is 13.2. The molecule has 0 saturated carbocycles. The van der Waals surface area contributed by atoms with Crippen molar-refractivity contribution in [3.63, 3.8) is 0 Å². The van der Waals surface area contributed by atoms with Gasteiger partial charge < -0.3 is 22.9 Å². The first-order valence-electron chi connectivity index (χ1n) is 9.10. The van der Waals surface area contributed by atoms with Gasteiger partial charge in [0, 0.05) is 17.3 Å². The molecule has 1 atom stereocenters. The summed E-state index contributed by atoms with van der Waals surface area (Å²) >= 11 is 1.33. The molecule has 0 aliphatic rings. The van der Waals surface area contributed by atoms with E-state index in [2.05, 4.69) is 4.98 Å². The van der Waals surface area contributed by atoms with Gasteiger partial charge in [-0.05, 0) is 56.1 Å². The number of aromatic nitrogens is 1. The Kier molecular flexibility index (Phi) is 8.00. The summed E-state index contributed by atoms with van der Waals surface area (Å²) in [5.41, 5.74) is 24.3. The van der Waals surface area contributed by atoms with Crippen LogP contribution in [0, 0.1) is 18.6 Å². The van der Waals surface area contributed by atoms with Crippen LogP contribution in [-0.4, -0.2) is 23.5 Å². The minimum Gasteiger partial charge on any atom is -0.399 e. The highest BCUT2D eigenvalue weighted by atomic mass is 32.1. The van der Waals surface area contributed by atoms with E-state index in [1.807, 2.05) is 19.1 Å². The number of halogens is 2. The van der Waals surface area contributed by atoms with Crippen LogP contribution in [0.5, 0.6) is 0 Å². The highest BCUT2D eigenvalue weighted by Gasteiger charge is 2.11. The second-order valence-corrected chi connectivity index (χ2v) is 7.65. The molecule has 1 aromatic heterocycles. The topological polar surface area (TPSA) is 134 Å². The molecule has 0 spiro atoms. The van der Waals surface area contributed by atoms with Crippen LogP contribution in [-0.2, 0) is 4.79 Å². The molecule has 0 aliphatic heterocycles. The molecular weight excluding hydrogens is 396 g/mol. The average molecular weight is 422 g/mol. The molecule has 2 aromatic carbocycles. The summed E-state index contributed by atoms with van der Waals surface area (Å²) in [6.45, 7) is 2.55. The van der Waals surface area contributed by atoms with Crippen molar-refractivity contribution in [2.24, 2.45) is 17.2 Å². The molecule has 0 unspecified atom stereocenters. The van der Waals surface area contributed by atoms with Gasteiger partial charge in [0.2, 0.25) is 5.91 Å². The van der Waals surface area contributed by atoms with E-state index in [1.165, 1.54) is 17.4 Å². The van der Waals surface area contributed by atoms with Gasteiger partial charge in [-0.3, -0.25) is 4.79 Å². The number of aryl methyl sites for hydroxylation is 1. The number of unbranched alkanes of at least 4 members (excludes halogenated alkanes) is 1. The molecule has 156 valence electrons. The molecule has 0 aliphatic carbocycles. The lowest BCUT2D eigenvalue weighted by Crippen LogP contribution is -2.36. The number of thiazole rings is 1. The fourth-order valence-electron chi connectivity index (χ4n) is 2.51. The van der Waals surface area contributed by atoms with Gasteiger partial charge in [-0.25, -0.2) is 13.8 Å². The fourth-order valence-corrected chi connectivity index (χ4v) is 3.48. The molecule has 29 heavy (non-hydrogen) atoms. The van der Waals surface area contributed by atoms with Gasteiger partial charge in [-0.2, -0.15) is 0 Å². The number of nitrogens with two attached hydrogens (primary N) is 4. The summed E-state index contributed by atoms with van der Waals surface area (Å²) in [4.78, 5) is 14.7. The molecule has 0 fully saturated rings. The number of amides is 1. The number of fused-ring (bicyclic) bond motifs is 1. The van der Waals surface area contributed by atoms with Crippen molar-refractivity contribution in [2.75, 3.05) is 12.3 Å². The van der Waals surface area contributed by atoms with Crippen LogP contribution in [0.15, 0.2) is 30.3 Å². The lowest BCUT2D eigenvalue weighted by atomic mass is 10.1. The average Bonchev–Trinajstić information content (AvgIpc) is 3.07. The van der Waals surface area contributed by atoms with Crippen LogP contribution in [0.4, 0.5) is 14.5 Å². The molecule has 9 heteroatoms. The van der Waals surface area contributed by atoms with Crippen LogP contribution >= 0.6 is 11.3 Å². The standard InChI is InChI=1S/C14H10F2N2S.C6H15N3O/c1-7-4-8(2-3-11(7)17)14-18-12-5-9(15)10(16)6-13(12)19-14;7-4-2-1-3-5(8)6(9)10/h2-6H,17H2,1H3;5H,1-4,7-8H2,(H2,9,10)/t;5-/m.0/s1. The first-order valence-corrected chi connectivity index (χ1v) is 9.91. The molecule has 6 nitrogen and oxygen atoms in total. The molecule has 0 bridgehead atoms. The van der Waals surface area contributed by atoms with E-state index in [9.17, 15) is 13.6 Å². The van der Waals surface area contributed by atoms with E-state index in [1.54, 1.807) is 6.07 Å². The maximum atomic E-state index is 13.2. The summed E-state index contributed by atoms with van der Waals surface area (Å²) in [5.74, 6) is -2.16. The van der Waals surface area contributed by atoms with E-state index in [0.29, 0.717) is 28.9 Å². The second kappa shape index (κ2) is 10.2. The van der Waals surface area contributed by atoms with Gasteiger partial charge in [-0.1, -0.05) is 6.42 Å². The van der Waals surface area contributed by atoms with E-state index >= 15 is 0 Å². The molecular formula is C20H25F2N5OS. The van der Waals surface area contributed by atoms with Crippen LogP contribution in [0.3, 0.4) is 0 Å². The summed E-state index contributed by atoms with van der Waals surface area (Å²) < 4.78 is 26.9. The third-order valence-corrected chi connectivity index (χ3v) is 5.35. The number of hydrogen-bond acceptors (Lipinski definition) is 6. The Labute approximate surface area is 171 Å². The zero-order chi connectivity index (χ0) is 21.6. The smallest absolute Gasteiger partial charge is 0.234 e. The number of carbonyl (C=O) groups is 1. The summed E-state index contributed by atoms with van der Waals surface area (Å²) in [7, 11) is 0. The number of nitrogens with zero attached hydrogens (tertiary/aromatic N) is 1. The van der Waals surface area contributed by atoms with Crippen molar-refractivity contribution in [1.82, 2.24) is 4.98 Å². The Morgan fingerprint density at radius 2 is 1.86 bits per heavy atom. The zero-order valence-electron chi connectivity index (χ0n) is 16.1. The van der Waals surface area contributed by atoms with E-state index < -0.39 is 23.6 Å². The molecule has 1 amide bonds. The van der Waals surface area contributed by atoms with E-state index in [-0.39, 0.29) is 0 Å². The molecule has 8 N–H and O–H groups in total. The Hall–Kier alpha value is -2.62. The van der Waals surface area contributed by atoms with Crippen molar-refractivity contribution in [3.05, 3.63) is 47.5 Å². The molecule has 3 aromatic rings. The van der Waals surface area contributed by atoms with Crippen molar-refractivity contribution in [1.29, 1.82) is 0 Å². The quantitative estimate of drug-likeness (QED) is 0.358. The maximum Gasteiger partial charge on any atom is 0.234 e. The molecule has 3 rings (SSSR count). The molecule has 0 saturated heterocycles. The van der Waals surface area contributed by atoms with Crippen molar-refractivity contribution in [2.45, 2.75) is 32.2 Å². The van der Waals surface area contributed by atoms with Gasteiger partial charge in [0.1, 0.15) is 5.01 Å². The number of nitrogen functional groups attached to an aromatic ring is 1. The third kappa shape index (κ3) is 6.18. The van der Waals surface area contributed by atoms with Gasteiger partial charge in [0.15, 0.2) is 11.6 Å². The normalized spacial score (nSPS) is 11.8. The van der Waals surface area contributed by atoms with Gasteiger partial charge in [-0.15, -0.1) is 11.3 Å². The van der Waals surface area contributed by atoms with Gasteiger partial charge in [0.05, 0.1) is 16.3 Å². The summed E-state index contributed by atoms with van der Waals surface area (Å²) in [6.07, 6.45) is 2.42. The number of primary amides is 1. The molecule has 1 heterocycles. The van der Waals surface area contributed by atoms with Crippen molar-refractivity contribution in [3.8, 4) is 10.6 Å². The number of anilines is 1. The molecule has 0 radical (unpaired) electrons. The minimum absolute atomic E-state index is 0.433. The predicted molar refractivity (Wildman–Crippen MR) is 114 cm³/mol. The Morgan fingerprint density at radius 3 is 2.48 bits per heavy atom. The minimum atomic E-state index is -0.877. The van der Waals surface area contributed by atoms with Crippen LogP contribution in [0.25, 0.3) is 20.8 Å². The number of carbonyl (C=O) groups excluding carboxylic acids is 1. The number of hydrogen-bond donors (Lipinski definition) is 4. The van der Waals surface area contributed by atoms with Gasteiger partial charge in [0.25, 0.3) is 0 Å². The van der Waals surface area contributed by atoms with Crippen LogP contribution < -0.4 is 22.9 Å². The second-order valence-electron chi connectivity index (χ2n) is 6.62. The van der Waals surface area contributed by atoms with Crippen LogP contribution in [0.2, 0.25) is 0 Å². The Morgan fingerprint density at radius 1 is 1.17 bits per heavy atom. The Balaban J connectivity index is 0.000000257. The third-order valence-electron chi connectivity index (χ3n) is 4.28. The van der Waals surface area contributed by atoms with E-state index in [0.717, 1.165) is 35.0 Å². The monoisotopic (exact) mass is 421 g/mol. The van der Waals surface area contributed by atoms with E-state index in [4.69, 9.17) is 22.9 Å². The van der Waals surface area contributed by atoms with Crippen LogP contribution in [0.1, 0.15) is 24.8 Å². The fraction of sp³-hybridized carbons (Fsp3) is 0.300. The first-order chi connectivity index (χ1) is 13.7. The first kappa shape index (κ1) is 22.7. The summed E-state index contributed by atoms with van der Waals surface area (Å²) in [6, 6.07) is 7.38. The van der Waals surface area contributed by atoms with Gasteiger partial charge >= 0.3 is 0 Å². The highest BCUT2D eigenvalue weighted by molar-refractivity contribution is 7.21. The van der Waals surface area contributed by atoms with Crippen molar-refractivity contribution >= 4 is 33.1 Å². The zero-order valence-corrected chi connectivity index (χ0v) is 16.9. The van der Waals surface area contributed by atoms with Crippen molar-refractivity contribution < 1.29 is 13.6 Å². The largest absolute Gasteiger partial charge is 0.399 e. The lowest BCUT2D eigenvalue weighted by molar-refractivity contribution is -0.119. The number of rotatable bonds is 6.